The summed E-state index contributed by atoms with van der Waals surface area (Å²) in [5.74, 6) is 1.14. The molecule has 1 aliphatic rings. The van der Waals surface area contributed by atoms with Gasteiger partial charge in [-0.1, -0.05) is 6.07 Å². The van der Waals surface area contributed by atoms with E-state index < -0.39 is 0 Å². The average Bonchev–Trinajstić information content (AvgIpc) is 2.62. The largest absolute Gasteiger partial charge is 0.326 e. The highest BCUT2D eigenvalue weighted by atomic mass is 15.1. The van der Waals surface area contributed by atoms with E-state index in [1.807, 2.05) is 0 Å². The average molecular weight is 187 g/mol. The lowest BCUT2D eigenvalue weighted by molar-refractivity contribution is 0.652. The van der Waals surface area contributed by atoms with Crippen molar-refractivity contribution in [2.45, 2.75) is 25.9 Å². The monoisotopic (exact) mass is 187 g/mol. The molecule has 1 aliphatic heterocycles. The van der Waals surface area contributed by atoms with Gasteiger partial charge in [0.2, 0.25) is 0 Å². The summed E-state index contributed by atoms with van der Waals surface area (Å²) in [6.45, 7) is 3.02. The molecule has 0 bridgehead atoms. The predicted molar refractivity (Wildman–Crippen MR) is 56.1 cm³/mol. The van der Waals surface area contributed by atoms with Gasteiger partial charge in [-0.3, -0.25) is 0 Å². The molecule has 0 fully saturated rings. The van der Waals surface area contributed by atoms with E-state index in [-0.39, 0.29) is 6.04 Å². The Kier molecular flexibility index (Phi) is 1.47. The van der Waals surface area contributed by atoms with Crippen LogP contribution in [0.3, 0.4) is 0 Å². The molecule has 0 radical (unpaired) electrons. The third-order valence-corrected chi connectivity index (χ3v) is 2.84. The van der Waals surface area contributed by atoms with Crippen molar-refractivity contribution in [3.05, 3.63) is 29.6 Å². The van der Waals surface area contributed by atoms with Gasteiger partial charge in [-0.2, -0.15) is 0 Å². The van der Waals surface area contributed by atoms with Crippen LogP contribution in [0.2, 0.25) is 0 Å². The van der Waals surface area contributed by atoms with Gasteiger partial charge in [0.1, 0.15) is 5.82 Å². The number of imidazole rings is 1. The Morgan fingerprint density at radius 2 is 2.36 bits per heavy atom. The maximum Gasteiger partial charge on any atom is 0.111 e. The van der Waals surface area contributed by atoms with Crippen LogP contribution in [-0.4, -0.2) is 15.6 Å². The molecule has 0 spiro atoms. The minimum absolute atomic E-state index is 0.252. The summed E-state index contributed by atoms with van der Waals surface area (Å²) in [5.41, 5.74) is 9.50. The normalized spacial score (nSPS) is 20.3. The molecule has 2 aromatic rings. The van der Waals surface area contributed by atoms with Gasteiger partial charge in [-0.25, -0.2) is 4.98 Å². The van der Waals surface area contributed by atoms with E-state index in [2.05, 4.69) is 34.7 Å². The second-order valence-electron chi connectivity index (χ2n) is 4.10. The Hall–Kier alpha value is -1.35. The van der Waals surface area contributed by atoms with Crippen molar-refractivity contribution in [3.8, 4) is 0 Å². The van der Waals surface area contributed by atoms with Gasteiger partial charge < -0.3 is 10.3 Å². The minimum atomic E-state index is 0.252. The Bertz CT molecular complexity index is 498. The molecular weight excluding hydrogens is 174 g/mol. The van der Waals surface area contributed by atoms with Crippen LogP contribution < -0.4 is 5.73 Å². The summed E-state index contributed by atoms with van der Waals surface area (Å²) in [7, 11) is 0. The lowest BCUT2D eigenvalue weighted by Gasteiger charge is -2.01. The molecule has 0 aliphatic carbocycles. The van der Waals surface area contributed by atoms with Gasteiger partial charge in [0.25, 0.3) is 0 Å². The summed E-state index contributed by atoms with van der Waals surface area (Å²) in [5, 5.41) is 0. The fraction of sp³-hybridized carbons (Fsp3) is 0.364. The molecule has 2 heterocycles. The van der Waals surface area contributed by atoms with E-state index in [0.29, 0.717) is 0 Å². The molecule has 1 aromatic carbocycles. The van der Waals surface area contributed by atoms with Crippen LogP contribution in [0.1, 0.15) is 11.4 Å². The number of fused-ring (bicyclic) bond motifs is 3. The van der Waals surface area contributed by atoms with E-state index >= 15 is 0 Å². The summed E-state index contributed by atoms with van der Waals surface area (Å²) >= 11 is 0. The first-order chi connectivity index (χ1) is 6.74. The van der Waals surface area contributed by atoms with Crippen molar-refractivity contribution < 1.29 is 0 Å². The lowest BCUT2D eigenvalue weighted by Crippen LogP contribution is -2.20. The molecule has 72 valence electrons. The van der Waals surface area contributed by atoms with Crippen LogP contribution in [0.4, 0.5) is 0 Å². The second-order valence-corrected chi connectivity index (χ2v) is 4.10. The standard InChI is InChI=1S/C11H13N3/c1-7-2-3-9-10(4-7)14-6-8(12)5-11(14)13-9/h2-4,8H,5-6,12H2,1H3. The molecular formula is C11H13N3. The van der Waals surface area contributed by atoms with E-state index in [9.17, 15) is 0 Å². The number of nitrogens with two attached hydrogens (primary N) is 1. The quantitative estimate of drug-likeness (QED) is 0.674. The number of aryl methyl sites for hydroxylation is 1. The molecule has 0 saturated heterocycles. The van der Waals surface area contributed by atoms with Crippen LogP contribution in [0.15, 0.2) is 18.2 Å². The SMILES string of the molecule is Cc1ccc2nc3n(c2c1)CC(N)C3. The molecule has 1 atom stereocenters. The number of hydrogen-bond acceptors (Lipinski definition) is 2. The van der Waals surface area contributed by atoms with Crippen molar-refractivity contribution in [3.63, 3.8) is 0 Å². The third-order valence-electron chi connectivity index (χ3n) is 2.84. The number of rotatable bonds is 0. The summed E-state index contributed by atoms with van der Waals surface area (Å²) in [4.78, 5) is 4.57. The summed E-state index contributed by atoms with van der Waals surface area (Å²) in [6, 6.07) is 6.62. The summed E-state index contributed by atoms with van der Waals surface area (Å²) < 4.78 is 2.24. The zero-order valence-electron chi connectivity index (χ0n) is 8.20. The summed E-state index contributed by atoms with van der Waals surface area (Å²) in [6.07, 6.45) is 0.910. The van der Waals surface area contributed by atoms with Gasteiger partial charge in [-0.15, -0.1) is 0 Å². The molecule has 0 amide bonds. The van der Waals surface area contributed by atoms with E-state index in [0.717, 1.165) is 24.3 Å². The van der Waals surface area contributed by atoms with Gasteiger partial charge in [0.05, 0.1) is 11.0 Å². The maximum atomic E-state index is 5.90. The Balaban J connectivity index is 2.30. The molecule has 1 aromatic heterocycles. The van der Waals surface area contributed by atoms with Crippen molar-refractivity contribution in [1.29, 1.82) is 0 Å². The van der Waals surface area contributed by atoms with Crippen molar-refractivity contribution in [2.24, 2.45) is 5.73 Å². The smallest absolute Gasteiger partial charge is 0.111 e. The first-order valence-corrected chi connectivity index (χ1v) is 4.95. The number of benzene rings is 1. The van der Waals surface area contributed by atoms with Crippen molar-refractivity contribution >= 4 is 11.0 Å². The number of nitrogens with zero attached hydrogens (tertiary/aromatic N) is 2. The topological polar surface area (TPSA) is 43.8 Å². The minimum Gasteiger partial charge on any atom is -0.326 e. The molecule has 3 rings (SSSR count). The Morgan fingerprint density at radius 1 is 1.50 bits per heavy atom. The Labute approximate surface area is 82.5 Å². The zero-order chi connectivity index (χ0) is 9.71. The maximum absolute atomic E-state index is 5.90. The van der Waals surface area contributed by atoms with E-state index in [4.69, 9.17) is 5.73 Å². The highest BCUT2D eigenvalue weighted by molar-refractivity contribution is 5.77. The van der Waals surface area contributed by atoms with Crippen LogP contribution in [-0.2, 0) is 13.0 Å². The fourth-order valence-electron chi connectivity index (χ4n) is 2.18. The van der Waals surface area contributed by atoms with E-state index in [1.165, 1.54) is 11.1 Å². The molecule has 3 nitrogen and oxygen atoms in total. The van der Waals surface area contributed by atoms with Crippen LogP contribution >= 0.6 is 0 Å². The van der Waals surface area contributed by atoms with E-state index in [1.54, 1.807) is 0 Å². The molecule has 2 N–H and O–H groups in total. The Morgan fingerprint density at radius 3 is 3.21 bits per heavy atom. The molecule has 0 saturated carbocycles. The van der Waals surface area contributed by atoms with Gasteiger partial charge in [0, 0.05) is 19.0 Å². The molecule has 14 heavy (non-hydrogen) atoms. The molecule has 1 unspecified atom stereocenters. The van der Waals surface area contributed by atoms with Crippen LogP contribution in [0, 0.1) is 6.92 Å². The number of aromatic nitrogens is 2. The van der Waals surface area contributed by atoms with Gasteiger partial charge in [0.15, 0.2) is 0 Å². The second kappa shape index (κ2) is 2.58. The fourth-order valence-corrected chi connectivity index (χ4v) is 2.18. The van der Waals surface area contributed by atoms with Crippen LogP contribution in [0.5, 0.6) is 0 Å². The highest BCUT2D eigenvalue weighted by Gasteiger charge is 2.21. The predicted octanol–water partition coefficient (Wildman–Crippen LogP) is 1.23. The zero-order valence-corrected chi connectivity index (χ0v) is 8.20. The number of hydrogen-bond donors (Lipinski definition) is 1. The van der Waals surface area contributed by atoms with Gasteiger partial charge in [-0.05, 0) is 24.6 Å². The first kappa shape index (κ1) is 8.00. The van der Waals surface area contributed by atoms with Crippen molar-refractivity contribution in [2.75, 3.05) is 0 Å². The van der Waals surface area contributed by atoms with Gasteiger partial charge >= 0.3 is 0 Å². The third kappa shape index (κ3) is 0.990. The van der Waals surface area contributed by atoms with Crippen LogP contribution in [0.25, 0.3) is 11.0 Å². The first-order valence-electron chi connectivity index (χ1n) is 4.95. The highest BCUT2D eigenvalue weighted by Crippen LogP contribution is 2.22. The molecule has 3 heteroatoms. The van der Waals surface area contributed by atoms with Crippen molar-refractivity contribution in [1.82, 2.24) is 9.55 Å². The lowest BCUT2D eigenvalue weighted by atomic mass is 10.2.